The van der Waals surface area contributed by atoms with E-state index in [2.05, 4.69) is 4.98 Å². The molecule has 1 atom stereocenters. The van der Waals surface area contributed by atoms with Gasteiger partial charge < -0.3 is 10.8 Å². The van der Waals surface area contributed by atoms with Crippen LogP contribution in [0.3, 0.4) is 0 Å². The molecule has 10 heavy (non-hydrogen) atoms. The van der Waals surface area contributed by atoms with Gasteiger partial charge in [-0.15, -0.1) is 11.3 Å². The third kappa shape index (κ3) is 2.06. The van der Waals surface area contributed by atoms with Crippen molar-refractivity contribution in [1.29, 1.82) is 0 Å². The van der Waals surface area contributed by atoms with Crippen molar-refractivity contribution in [2.45, 2.75) is 12.5 Å². The monoisotopic (exact) mass is 158 g/mol. The van der Waals surface area contributed by atoms with E-state index in [4.69, 9.17) is 10.8 Å². The Morgan fingerprint density at radius 1 is 1.80 bits per heavy atom. The molecule has 3 N–H and O–H groups in total. The molecular weight excluding hydrogens is 148 g/mol. The molecular formula is C6H10N2OS. The maximum atomic E-state index is 8.59. The molecule has 1 aromatic heterocycles. The molecule has 4 heteroatoms. The maximum Gasteiger partial charge on any atom is 0.0941 e. The number of nitrogens with two attached hydrogens (primary N) is 1. The van der Waals surface area contributed by atoms with Crippen LogP contribution in [0.1, 0.15) is 5.01 Å². The maximum absolute atomic E-state index is 8.59. The normalized spacial score (nSPS) is 13.4. The second-order valence-corrected chi connectivity index (χ2v) is 3.05. The lowest BCUT2D eigenvalue weighted by molar-refractivity contribution is 0.265. The van der Waals surface area contributed by atoms with Crippen molar-refractivity contribution < 1.29 is 5.11 Å². The average Bonchev–Trinajstić information content (AvgIpc) is 2.40. The lowest BCUT2D eigenvalue weighted by Crippen LogP contribution is -2.26. The van der Waals surface area contributed by atoms with Gasteiger partial charge in [-0.3, -0.25) is 0 Å². The second kappa shape index (κ2) is 3.65. The highest BCUT2D eigenvalue weighted by atomic mass is 32.1. The molecule has 0 fully saturated rings. The summed E-state index contributed by atoms with van der Waals surface area (Å²) in [4.78, 5) is 4.03. The summed E-state index contributed by atoms with van der Waals surface area (Å²) in [5.41, 5.74) is 5.48. The van der Waals surface area contributed by atoms with Gasteiger partial charge in [0.1, 0.15) is 0 Å². The minimum Gasteiger partial charge on any atom is -0.395 e. The molecule has 0 aliphatic heterocycles. The van der Waals surface area contributed by atoms with Gasteiger partial charge in [0.2, 0.25) is 0 Å². The van der Waals surface area contributed by atoms with Crippen molar-refractivity contribution in [3.05, 3.63) is 16.6 Å². The van der Waals surface area contributed by atoms with Crippen LogP contribution in [-0.2, 0) is 6.42 Å². The summed E-state index contributed by atoms with van der Waals surface area (Å²) >= 11 is 1.56. The Labute approximate surface area is 63.5 Å². The molecule has 1 aromatic rings. The van der Waals surface area contributed by atoms with Crippen LogP contribution in [0.2, 0.25) is 0 Å². The van der Waals surface area contributed by atoms with Crippen LogP contribution >= 0.6 is 11.3 Å². The standard InChI is InChI=1S/C6H10N2OS/c7-5(4-9)3-6-8-1-2-10-6/h1-2,5,9H,3-4,7H2. The Hall–Kier alpha value is -0.450. The van der Waals surface area contributed by atoms with Gasteiger partial charge in [-0.05, 0) is 0 Å². The summed E-state index contributed by atoms with van der Waals surface area (Å²) in [7, 11) is 0. The highest BCUT2D eigenvalue weighted by Gasteiger charge is 2.02. The first-order chi connectivity index (χ1) is 4.83. The fourth-order valence-corrected chi connectivity index (χ4v) is 1.35. The summed E-state index contributed by atoms with van der Waals surface area (Å²) < 4.78 is 0. The molecule has 0 bridgehead atoms. The zero-order valence-electron chi connectivity index (χ0n) is 5.53. The molecule has 0 saturated carbocycles. The van der Waals surface area contributed by atoms with Gasteiger partial charge in [-0.25, -0.2) is 4.98 Å². The van der Waals surface area contributed by atoms with E-state index in [1.54, 1.807) is 17.5 Å². The van der Waals surface area contributed by atoms with Crippen LogP contribution in [0.4, 0.5) is 0 Å². The third-order valence-electron chi connectivity index (χ3n) is 1.15. The number of hydrogen-bond acceptors (Lipinski definition) is 4. The van der Waals surface area contributed by atoms with Gasteiger partial charge in [-0.2, -0.15) is 0 Å². The lowest BCUT2D eigenvalue weighted by atomic mass is 10.2. The van der Waals surface area contributed by atoms with Crippen molar-refractivity contribution in [2.75, 3.05) is 6.61 Å². The highest BCUT2D eigenvalue weighted by molar-refractivity contribution is 7.09. The Bertz CT molecular complexity index is 176. The first-order valence-corrected chi connectivity index (χ1v) is 3.95. The van der Waals surface area contributed by atoms with E-state index >= 15 is 0 Å². The van der Waals surface area contributed by atoms with Crippen molar-refractivity contribution in [2.24, 2.45) is 5.73 Å². The summed E-state index contributed by atoms with van der Waals surface area (Å²) in [6.45, 7) is 0.0274. The van der Waals surface area contributed by atoms with Crippen molar-refractivity contribution >= 4 is 11.3 Å². The molecule has 0 amide bonds. The second-order valence-electron chi connectivity index (χ2n) is 2.07. The Morgan fingerprint density at radius 2 is 2.60 bits per heavy atom. The zero-order valence-corrected chi connectivity index (χ0v) is 6.34. The molecule has 0 aliphatic carbocycles. The van der Waals surface area contributed by atoms with E-state index in [9.17, 15) is 0 Å². The van der Waals surface area contributed by atoms with E-state index in [-0.39, 0.29) is 12.6 Å². The minimum atomic E-state index is -0.161. The van der Waals surface area contributed by atoms with Gasteiger partial charge in [0.25, 0.3) is 0 Å². The fraction of sp³-hybridized carbons (Fsp3) is 0.500. The Morgan fingerprint density at radius 3 is 3.10 bits per heavy atom. The van der Waals surface area contributed by atoms with Crippen LogP contribution in [0.25, 0.3) is 0 Å². The zero-order chi connectivity index (χ0) is 7.40. The molecule has 0 saturated heterocycles. The SMILES string of the molecule is NC(CO)Cc1nccs1. The van der Waals surface area contributed by atoms with Crippen molar-refractivity contribution in [1.82, 2.24) is 4.98 Å². The molecule has 0 aromatic carbocycles. The number of aliphatic hydroxyl groups excluding tert-OH is 1. The average molecular weight is 158 g/mol. The number of aliphatic hydroxyl groups is 1. The van der Waals surface area contributed by atoms with E-state index in [0.717, 1.165) is 5.01 Å². The molecule has 1 rings (SSSR count). The van der Waals surface area contributed by atoms with E-state index < -0.39 is 0 Å². The molecule has 3 nitrogen and oxygen atoms in total. The van der Waals surface area contributed by atoms with Crippen molar-refractivity contribution in [3.63, 3.8) is 0 Å². The molecule has 0 aliphatic rings. The fourth-order valence-electron chi connectivity index (χ4n) is 0.643. The number of rotatable bonds is 3. The minimum absolute atomic E-state index is 0.0274. The van der Waals surface area contributed by atoms with Gasteiger partial charge in [-0.1, -0.05) is 0 Å². The van der Waals surface area contributed by atoms with Gasteiger partial charge in [0.05, 0.1) is 11.6 Å². The summed E-state index contributed by atoms with van der Waals surface area (Å²) in [6.07, 6.45) is 2.41. The number of nitrogens with zero attached hydrogens (tertiary/aromatic N) is 1. The van der Waals surface area contributed by atoms with E-state index in [1.165, 1.54) is 0 Å². The quantitative estimate of drug-likeness (QED) is 0.651. The predicted molar refractivity (Wildman–Crippen MR) is 40.9 cm³/mol. The number of thiazole rings is 1. The van der Waals surface area contributed by atoms with Crippen LogP contribution in [0, 0.1) is 0 Å². The predicted octanol–water partition coefficient (Wildman–Crippen LogP) is 0.00520. The number of hydrogen-bond donors (Lipinski definition) is 2. The molecule has 56 valence electrons. The van der Waals surface area contributed by atoms with Crippen LogP contribution in [0.5, 0.6) is 0 Å². The number of aromatic nitrogens is 1. The summed E-state index contributed by atoms with van der Waals surface area (Å²) in [6, 6.07) is -0.161. The lowest BCUT2D eigenvalue weighted by Gasteiger charge is -2.02. The Balaban J connectivity index is 2.40. The van der Waals surface area contributed by atoms with Gasteiger partial charge in [0.15, 0.2) is 0 Å². The molecule has 1 heterocycles. The molecule has 1 unspecified atom stereocenters. The highest BCUT2D eigenvalue weighted by Crippen LogP contribution is 2.05. The summed E-state index contributed by atoms with van der Waals surface area (Å²) in [5.74, 6) is 0. The first kappa shape index (κ1) is 7.65. The first-order valence-electron chi connectivity index (χ1n) is 3.07. The van der Waals surface area contributed by atoms with Crippen LogP contribution in [0.15, 0.2) is 11.6 Å². The van der Waals surface area contributed by atoms with E-state index in [1.807, 2.05) is 5.38 Å². The third-order valence-corrected chi connectivity index (χ3v) is 1.96. The van der Waals surface area contributed by atoms with Gasteiger partial charge in [0, 0.05) is 24.0 Å². The van der Waals surface area contributed by atoms with Crippen LogP contribution in [-0.4, -0.2) is 22.7 Å². The van der Waals surface area contributed by atoms with E-state index in [0.29, 0.717) is 6.42 Å². The summed E-state index contributed by atoms with van der Waals surface area (Å²) in [5, 5.41) is 11.5. The topological polar surface area (TPSA) is 59.1 Å². The Kier molecular flexibility index (Phi) is 2.80. The van der Waals surface area contributed by atoms with Crippen molar-refractivity contribution in [3.8, 4) is 0 Å². The largest absolute Gasteiger partial charge is 0.395 e. The smallest absolute Gasteiger partial charge is 0.0941 e. The molecule has 0 radical (unpaired) electrons. The molecule has 0 spiro atoms. The van der Waals surface area contributed by atoms with Crippen LogP contribution < -0.4 is 5.73 Å². The van der Waals surface area contributed by atoms with Gasteiger partial charge >= 0.3 is 0 Å².